The molecule has 4 rings (SSSR count). The van der Waals surface area contributed by atoms with E-state index in [1.165, 1.54) is 17.0 Å². The van der Waals surface area contributed by atoms with Crippen molar-refractivity contribution < 1.29 is 27.1 Å². The second kappa shape index (κ2) is 16.2. The topological polar surface area (TPSA) is 96.0 Å². The molecule has 2 amide bonds. The van der Waals surface area contributed by atoms with Crippen LogP contribution in [0.15, 0.2) is 108 Å². The highest BCUT2D eigenvalue weighted by molar-refractivity contribution is 7.92. The van der Waals surface area contributed by atoms with Gasteiger partial charge in [-0.1, -0.05) is 61.0 Å². The largest absolute Gasteiger partial charge is 0.494 e. The molecule has 0 heterocycles. The van der Waals surface area contributed by atoms with Crippen molar-refractivity contribution in [1.82, 2.24) is 10.2 Å². The molecule has 242 valence electrons. The van der Waals surface area contributed by atoms with E-state index in [4.69, 9.17) is 16.3 Å². The lowest BCUT2D eigenvalue weighted by Crippen LogP contribution is -2.53. The smallest absolute Gasteiger partial charge is 0.264 e. The molecule has 0 saturated carbocycles. The molecule has 4 aromatic rings. The number of anilines is 1. The van der Waals surface area contributed by atoms with Crippen molar-refractivity contribution >= 4 is 39.1 Å². The van der Waals surface area contributed by atoms with E-state index in [-0.39, 0.29) is 29.5 Å². The number of rotatable bonds is 15. The van der Waals surface area contributed by atoms with Crippen molar-refractivity contribution in [1.29, 1.82) is 0 Å². The fourth-order valence-electron chi connectivity index (χ4n) is 4.84. The number of nitrogens with zero attached hydrogens (tertiary/aromatic N) is 2. The molecule has 0 spiro atoms. The van der Waals surface area contributed by atoms with Gasteiger partial charge in [0.25, 0.3) is 10.0 Å². The van der Waals surface area contributed by atoms with Gasteiger partial charge in [0.2, 0.25) is 11.8 Å². The third kappa shape index (κ3) is 9.08. The van der Waals surface area contributed by atoms with E-state index in [0.29, 0.717) is 35.9 Å². The molecule has 0 unspecified atom stereocenters. The lowest BCUT2D eigenvalue weighted by molar-refractivity contribution is -0.140. The number of hydrogen-bond donors (Lipinski definition) is 1. The van der Waals surface area contributed by atoms with Gasteiger partial charge >= 0.3 is 0 Å². The van der Waals surface area contributed by atoms with Gasteiger partial charge in [-0.15, -0.1) is 0 Å². The van der Waals surface area contributed by atoms with E-state index in [1.807, 2.05) is 44.2 Å². The molecule has 4 aromatic carbocycles. The molecule has 0 fully saturated rings. The third-order valence-corrected chi connectivity index (χ3v) is 9.24. The molecule has 0 bridgehead atoms. The van der Waals surface area contributed by atoms with E-state index in [1.54, 1.807) is 36.4 Å². The van der Waals surface area contributed by atoms with Gasteiger partial charge in [0.15, 0.2) is 0 Å². The summed E-state index contributed by atoms with van der Waals surface area (Å²) >= 11 is 6.12. The molecule has 1 atom stereocenters. The predicted molar refractivity (Wildman–Crippen MR) is 178 cm³/mol. The Bertz CT molecular complexity index is 1690. The van der Waals surface area contributed by atoms with Gasteiger partial charge in [0.1, 0.15) is 24.2 Å². The molecule has 0 aliphatic rings. The number of carbonyl (C=O) groups excluding carboxylic acids is 2. The quantitative estimate of drug-likeness (QED) is 0.162. The second-order valence-electron chi connectivity index (χ2n) is 10.5. The van der Waals surface area contributed by atoms with Crippen molar-refractivity contribution in [3.8, 4) is 5.75 Å². The number of benzene rings is 4. The molecule has 0 radical (unpaired) electrons. The molecule has 0 saturated heterocycles. The number of sulfonamides is 1. The Kier molecular flexibility index (Phi) is 12.2. The monoisotopic (exact) mass is 665 g/mol. The van der Waals surface area contributed by atoms with Crippen LogP contribution in [0.4, 0.5) is 10.1 Å². The van der Waals surface area contributed by atoms with Crippen LogP contribution < -0.4 is 14.4 Å². The highest BCUT2D eigenvalue weighted by Crippen LogP contribution is 2.27. The Labute approximate surface area is 274 Å². The first-order valence-electron chi connectivity index (χ1n) is 15.0. The molecule has 0 aliphatic heterocycles. The van der Waals surface area contributed by atoms with Crippen LogP contribution in [0.25, 0.3) is 0 Å². The van der Waals surface area contributed by atoms with Crippen LogP contribution in [0.2, 0.25) is 5.02 Å². The number of halogens is 2. The SMILES string of the molecule is CCCNC(=O)[C@H](Cc1ccccc1)N(Cc1ccc(Cl)cc1)C(=O)CN(c1ccc(OCC)cc1)S(=O)(=O)c1ccc(F)cc1. The maximum atomic E-state index is 14.4. The first kappa shape index (κ1) is 34.5. The van der Waals surface area contributed by atoms with E-state index in [0.717, 1.165) is 34.1 Å². The van der Waals surface area contributed by atoms with Gasteiger partial charge in [-0.25, -0.2) is 12.8 Å². The molecule has 0 aliphatic carbocycles. The summed E-state index contributed by atoms with van der Waals surface area (Å²) in [5.41, 5.74) is 1.73. The zero-order chi connectivity index (χ0) is 33.1. The fourth-order valence-corrected chi connectivity index (χ4v) is 6.38. The van der Waals surface area contributed by atoms with Gasteiger partial charge in [0.05, 0.1) is 17.2 Å². The summed E-state index contributed by atoms with van der Waals surface area (Å²) in [6.45, 7) is 3.96. The lowest BCUT2D eigenvalue weighted by atomic mass is 10.0. The summed E-state index contributed by atoms with van der Waals surface area (Å²) in [7, 11) is -4.36. The molecular formula is C35H37ClFN3O5S. The Morgan fingerprint density at radius 2 is 1.52 bits per heavy atom. The zero-order valence-electron chi connectivity index (χ0n) is 25.7. The van der Waals surface area contributed by atoms with E-state index >= 15 is 0 Å². The number of nitrogens with one attached hydrogen (secondary N) is 1. The first-order chi connectivity index (χ1) is 22.1. The van der Waals surface area contributed by atoms with Crippen LogP contribution in [0.5, 0.6) is 5.75 Å². The number of hydrogen-bond acceptors (Lipinski definition) is 5. The van der Waals surface area contributed by atoms with E-state index in [2.05, 4.69) is 5.32 Å². The van der Waals surface area contributed by atoms with Crippen molar-refractivity contribution in [3.63, 3.8) is 0 Å². The molecule has 1 N–H and O–H groups in total. The van der Waals surface area contributed by atoms with Crippen LogP contribution in [-0.4, -0.2) is 50.9 Å². The van der Waals surface area contributed by atoms with Gasteiger partial charge in [0, 0.05) is 24.5 Å². The summed E-state index contributed by atoms with van der Waals surface area (Å²) in [4.78, 5) is 29.3. The third-order valence-electron chi connectivity index (χ3n) is 7.20. The molecule has 8 nitrogen and oxygen atoms in total. The minimum atomic E-state index is -4.36. The standard InChI is InChI=1S/C35H37ClFN3O5S/c1-3-22-38-35(42)33(23-26-8-6-5-7-9-26)39(24-27-10-12-28(36)13-11-27)34(41)25-40(30-16-18-31(19-17-30)45-4-2)46(43,44)32-20-14-29(37)15-21-32/h5-21,33H,3-4,22-25H2,1-2H3,(H,38,42)/t33-/m0/s1. The van der Waals surface area contributed by atoms with Gasteiger partial charge in [-0.05, 0) is 85.1 Å². The van der Waals surface area contributed by atoms with Crippen LogP contribution in [0, 0.1) is 5.82 Å². The Morgan fingerprint density at radius 3 is 2.13 bits per heavy atom. The highest BCUT2D eigenvalue weighted by Gasteiger charge is 2.34. The maximum Gasteiger partial charge on any atom is 0.264 e. The van der Waals surface area contributed by atoms with Gasteiger partial charge in [-0.3, -0.25) is 13.9 Å². The van der Waals surface area contributed by atoms with E-state index < -0.39 is 34.3 Å². The van der Waals surface area contributed by atoms with Crippen LogP contribution in [-0.2, 0) is 32.6 Å². The van der Waals surface area contributed by atoms with Crippen molar-refractivity contribution in [2.24, 2.45) is 0 Å². The Morgan fingerprint density at radius 1 is 0.870 bits per heavy atom. The summed E-state index contributed by atoms with van der Waals surface area (Å²) in [6, 6.07) is 25.9. The van der Waals surface area contributed by atoms with Crippen molar-refractivity contribution in [3.05, 3.63) is 125 Å². The highest BCUT2D eigenvalue weighted by atomic mass is 35.5. The number of carbonyl (C=O) groups is 2. The summed E-state index contributed by atoms with van der Waals surface area (Å²) in [5.74, 6) is -1.04. The Balaban J connectivity index is 1.79. The van der Waals surface area contributed by atoms with Gasteiger partial charge < -0.3 is 15.0 Å². The minimum absolute atomic E-state index is 0.0146. The van der Waals surface area contributed by atoms with E-state index in [9.17, 15) is 22.4 Å². The maximum absolute atomic E-state index is 14.4. The molecule has 46 heavy (non-hydrogen) atoms. The van der Waals surface area contributed by atoms with Crippen LogP contribution in [0.1, 0.15) is 31.4 Å². The zero-order valence-corrected chi connectivity index (χ0v) is 27.3. The fraction of sp³-hybridized carbons (Fsp3) is 0.257. The van der Waals surface area contributed by atoms with Crippen LogP contribution >= 0.6 is 11.6 Å². The predicted octanol–water partition coefficient (Wildman–Crippen LogP) is 6.24. The number of ether oxygens (including phenoxy) is 1. The average Bonchev–Trinajstić information content (AvgIpc) is 3.06. The Hall–Kier alpha value is -4.41. The van der Waals surface area contributed by atoms with Crippen molar-refractivity contribution in [2.45, 2.75) is 44.2 Å². The van der Waals surface area contributed by atoms with Crippen molar-refractivity contribution in [2.75, 3.05) is 24.0 Å². The molecular weight excluding hydrogens is 629 g/mol. The minimum Gasteiger partial charge on any atom is -0.494 e. The summed E-state index contributed by atoms with van der Waals surface area (Å²) in [5, 5.41) is 3.42. The normalized spacial score (nSPS) is 11.8. The lowest BCUT2D eigenvalue weighted by Gasteiger charge is -2.34. The second-order valence-corrected chi connectivity index (χ2v) is 12.8. The molecule has 0 aromatic heterocycles. The summed E-state index contributed by atoms with van der Waals surface area (Å²) in [6.07, 6.45) is 0.889. The van der Waals surface area contributed by atoms with Crippen LogP contribution in [0.3, 0.4) is 0 Å². The summed E-state index contributed by atoms with van der Waals surface area (Å²) < 4.78 is 48.4. The number of amides is 2. The van der Waals surface area contributed by atoms with Gasteiger partial charge in [-0.2, -0.15) is 0 Å². The average molecular weight is 666 g/mol. The molecule has 11 heteroatoms. The first-order valence-corrected chi connectivity index (χ1v) is 16.8.